The average Bonchev–Trinajstić information content (AvgIpc) is 3.19. The number of rotatable bonds is 15. The van der Waals surface area contributed by atoms with Crippen molar-refractivity contribution in [3.05, 3.63) is 119 Å². The van der Waals surface area contributed by atoms with E-state index < -0.39 is 12.2 Å². The molecule has 4 aromatic carbocycles. The van der Waals surface area contributed by atoms with Crippen LogP contribution in [-0.2, 0) is 20.7 Å². The van der Waals surface area contributed by atoms with Crippen molar-refractivity contribution in [3.8, 4) is 11.5 Å². The van der Waals surface area contributed by atoms with E-state index >= 15 is 0 Å². The van der Waals surface area contributed by atoms with Crippen LogP contribution in [0.5, 0.6) is 11.5 Å². The highest BCUT2D eigenvalue weighted by Gasteiger charge is 2.40. The predicted molar refractivity (Wildman–Crippen MR) is 208 cm³/mol. The fourth-order valence-corrected chi connectivity index (χ4v) is 6.30. The highest BCUT2D eigenvalue weighted by molar-refractivity contribution is 6.30. The van der Waals surface area contributed by atoms with Crippen molar-refractivity contribution >= 4 is 47.2 Å². The Morgan fingerprint density at radius 2 is 1.61 bits per heavy atom. The zero-order chi connectivity index (χ0) is 35.5. The third-order valence-corrected chi connectivity index (χ3v) is 8.61. The third-order valence-electron chi connectivity index (χ3n) is 8.38. The molecule has 0 radical (unpaired) electrons. The highest BCUT2D eigenvalue weighted by Crippen LogP contribution is 2.45. The minimum Gasteiger partial charge on any atom is -0.492 e. The Labute approximate surface area is 313 Å². The minimum absolute atomic E-state index is 0. The number of methoxy groups -OCH3 is 1. The van der Waals surface area contributed by atoms with Crippen molar-refractivity contribution in [2.75, 3.05) is 43.6 Å². The van der Waals surface area contributed by atoms with Crippen molar-refractivity contribution in [2.24, 2.45) is 5.41 Å². The first-order chi connectivity index (χ1) is 24.1. The van der Waals surface area contributed by atoms with E-state index in [9.17, 15) is 9.59 Å². The lowest BCUT2D eigenvalue weighted by molar-refractivity contribution is -0.136. The van der Waals surface area contributed by atoms with Crippen LogP contribution < -0.4 is 25.0 Å². The number of anilines is 2. The Kier molecular flexibility index (Phi) is 14.8. The molecule has 10 heteroatoms. The Hall–Kier alpha value is -4.08. The van der Waals surface area contributed by atoms with E-state index in [2.05, 4.69) is 55.7 Å². The van der Waals surface area contributed by atoms with Crippen LogP contribution in [0, 0.1) is 5.41 Å². The van der Waals surface area contributed by atoms with Gasteiger partial charge in [-0.1, -0.05) is 93.0 Å². The van der Waals surface area contributed by atoms with Crippen LogP contribution in [0.2, 0.25) is 5.02 Å². The largest absolute Gasteiger partial charge is 0.492 e. The molecule has 8 nitrogen and oxygen atoms in total. The molecule has 0 spiro atoms. The zero-order valence-corrected chi connectivity index (χ0v) is 31.4. The SMILES string of the molecule is COc1c(OCCCNCCCc2ccccc2)cccc1[C@@H]1O[C@@H](CC(=O)Nc2ccccc2)C(=O)N(CC(C)(C)C)c2ccc(Cl)cc21.Cl. The Morgan fingerprint density at radius 3 is 2.31 bits per heavy atom. The molecule has 1 aliphatic heterocycles. The van der Waals surface area contributed by atoms with Gasteiger partial charge in [-0.3, -0.25) is 9.59 Å². The molecular formula is C41H49Cl2N3O5. The summed E-state index contributed by atoms with van der Waals surface area (Å²) in [7, 11) is 1.59. The van der Waals surface area contributed by atoms with Gasteiger partial charge in [0.2, 0.25) is 5.91 Å². The molecule has 0 unspecified atom stereocenters. The van der Waals surface area contributed by atoms with E-state index in [1.165, 1.54) is 5.56 Å². The lowest BCUT2D eigenvalue weighted by Crippen LogP contribution is -2.44. The average molecular weight is 735 g/mol. The molecule has 4 aromatic rings. The van der Waals surface area contributed by atoms with Gasteiger partial charge < -0.3 is 29.7 Å². The molecular weight excluding hydrogens is 685 g/mol. The van der Waals surface area contributed by atoms with Gasteiger partial charge in [-0.15, -0.1) is 12.4 Å². The van der Waals surface area contributed by atoms with Crippen LogP contribution in [0.3, 0.4) is 0 Å². The van der Waals surface area contributed by atoms with E-state index in [1.54, 1.807) is 30.2 Å². The van der Waals surface area contributed by atoms with Crippen LogP contribution in [0.25, 0.3) is 0 Å². The number of para-hydroxylation sites is 2. The van der Waals surface area contributed by atoms with Gasteiger partial charge in [0.1, 0.15) is 12.2 Å². The molecule has 0 aliphatic carbocycles. The highest BCUT2D eigenvalue weighted by atomic mass is 35.5. The number of fused-ring (bicyclic) bond motifs is 1. The maximum absolute atomic E-state index is 14.3. The number of amides is 2. The van der Waals surface area contributed by atoms with Gasteiger partial charge in [-0.05, 0) is 79.7 Å². The molecule has 272 valence electrons. The van der Waals surface area contributed by atoms with Crippen LogP contribution in [-0.4, -0.2) is 51.3 Å². The second-order valence-electron chi connectivity index (χ2n) is 13.7. The number of halogens is 2. The molecule has 2 atom stereocenters. The van der Waals surface area contributed by atoms with Crippen LogP contribution in [0.4, 0.5) is 11.4 Å². The molecule has 1 heterocycles. The molecule has 0 aromatic heterocycles. The number of carbonyl (C=O) groups is 2. The first kappa shape index (κ1) is 39.7. The summed E-state index contributed by atoms with van der Waals surface area (Å²) in [6.45, 7) is 8.87. The molecule has 2 amide bonds. The van der Waals surface area contributed by atoms with E-state index in [1.807, 2.05) is 54.6 Å². The molecule has 2 N–H and O–H groups in total. The topological polar surface area (TPSA) is 89.1 Å². The van der Waals surface area contributed by atoms with Gasteiger partial charge in [0.15, 0.2) is 11.5 Å². The minimum atomic E-state index is -1.08. The number of benzene rings is 4. The number of nitrogens with one attached hydrogen (secondary N) is 2. The van der Waals surface area contributed by atoms with Gasteiger partial charge in [0.05, 0.1) is 20.1 Å². The Morgan fingerprint density at radius 1 is 0.902 bits per heavy atom. The van der Waals surface area contributed by atoms with Crippen molar-refractivity contribution in [1.82, 2.24) is 5.32 Å². The lowest BCUT2D eigenvalue weighted by Gasteiger charge is -2.31. The Balaban J connectivity index is 0.00000583. The van der Waals surface area contributed by atoms with Crippen LogP contribution in [0.1, 0.15) is 62.8 Å². The third kappa shape index (κ3) is 11.2. The van der Waals surface area contributed by atoms with Crippen molar-refractivity contribution in [2.45, 2.75) is 58.7 Å². The van der Waals surface area contributed by atoms with E-state index in [0.717, 1.165) is 32.4 Å². The van der Waals surface area contributed by atoms with Crippen LogP contribution >= 0.6 is 24.0 Å². The summed E-state index contributed by atoms with van der Waals surface area (Å²) < 4.78 is 18.9. The number of nitrogens with zero attached hydrogens (tertiary/aromatic N) is 1. The summed E-state index contributed by atoms with van der Waals surface area (Å²) in [5.74, 6) is 0.452. The normalized spacial score (nSPS) is 15.7. The monoisotopic (exact) mass is 733 g/mol. The molecule has 51 heavy (non-hydrogen) atoms. The summed E-state index contributed by atoms with van der Waals surface area (Å²) >= 11 is 6.59. The van der Waals surface area contributed by atoms with Gasteiger partial charge in [0, 0.05) is 34.1 Å². The smallest absolute Gasteiger partial charge is 0.256 e. The molecule has 0 saturated heterocycles. The summed E-state index contributed by atoms with van der Waals surface area (Å²) in [5, 5.41) is 6.91. The van der Waals surface area contributed by atoms with Gasteiger partial charge >= 0.3 is 0 Å². The van der Waals surface area contributed by atoms with Crippen LogP contribution in [0.15, 0.2) is 97.1 Å². The summed E-state index contributed by atoms with van der Waals surface area (Å²) in [6.07, 6.45) is 0.883. The quantitative estimate of drug-likeness (QED) is 0.119. The summed E-state index contributed by atoms with van der Waals surface area (Å²) in [5.41, 5.74) is 3.80. The second kappa shape index (κ2) is 19.0. The first-order valence-electron chi connectivity index (χ1n) is 17.3. The number of carbonyl (C=O) groups excluding carboxylic acids is 2. The van der Waals surface area contributed by atoms with Gasteiger partial charge in [-0.25, -0.2) is 0 Å². The molecule has 1 aliphatic rings. The number of hydrogen-bond acceptors (Lipinski definition) is 6. The zero-order valence-electron chi connectivity index (χ0n) is 29.8. The Bertz CT molecular complexity index is 1720. The van der Waals surface area contributed by atoms with E-state index in [-0.39, 0.29) is 36.1 Å². The van der Waals surface area contributed by atoms with Gasteiger partial charge in [0.25, 0.3) is 5.91 Å². The summed E-state index contributed by atoms with van der Waals surface area (Å²) in [4.78, 5) is 29.4. The first-order valence-corrected chi connectivity index (χ1v) is 17.7. The maximum atomic E-state index is 14.3. The van der Waals surface area contributed by atoms with Gasteiger partial charge in [-0.2, -0.15) is 0 Å². The molecule has 0 fully saturated rings. The standard InChI is InChI=1S/C41H48ClN3O5.ClH/c1-41(2,3)28-45-34-22-21-30(42)26-33(34)38(50-36(40(45)47)27-37(46)44-31-17-9-6-10-18-31)32-19-11-20-35(39(32)48-4)49-25-13-24-43-23-12-16-29-14-7-5-8-15-29;/h5-11,14-15,17-22,26,36,38,43H,12-13,16,23-25,27-28H2,1-4H3,(H,44,46);1H/t36-,38-;/m0./s1. The summed E-state index contributed by atoms with van der Waals surface area (Å²) in [6, 6.07) is 30.8. The number of hydrogen-bond donors (Lipinski definition) is 2. The maximum Gasteiger partial charge on any atom is 0.256 e. The number of aryl methyl sites for hydroxylation is 1. The number of ether oxygens (including phenoxy) is 3. The fraction of sp³-hybridized carbons (Fsp3) is 0.366. The second-order valence-corrected chi connectivity index (χ2v) is 14.2. The molecule has 0 saturated carbocycles. The van der Waals surface area contributed by atoms with E-state index in [4.69, 9.17) is 25.8 Å². The predicted octanol–water partition coefficient (Wildman–Crippen LogP) is 8.66. The lowest BCUT2D eigenvalue weighted by atomic mass is 9.94. The van der Waals surface area contributed by atoms with E-state index in [0.29, 0.717) is 52.2 Å². The van der Waals surface area contributed by atoms with Crippen molar-refractivity contribution < 1.29 is 23.8 Å². The molecule has 0 bridgehead atoms. The molecule has 5 rings (SSSR count). The van der Waals surface area contributed by atoms with Crippen molar-refractivity contribution in [3.63, 3.8) is 0 Å². The fourth-order valence-electron chi connectivity index (χ4n) is 6.12. The van der Waals surface area contributed by atoms with Crippen molar-refractivity contribution in [1.29, 1.82) is 0 Å².